The predicted molar refractivity (Wildman–Crippen MR) is 76.8 cm³/mol. The summed E-state index contributed by atoms with van der Waals surface area (Å²) in [4.78, 5) is 26.5. The molecule has 0 aliphatic carbocycles. The van der Waals surface area contributed by atoms with Crippen molar-refractivity contribution in [1.82, 2.24) is 10.3 Å². The summed E-state index contributed by atoms with van der Waals surface area (Å²) in [7, 11) is 0. The van der Waals surface area contributed by atoms with Gasteiger partial charge in [0.2, 0.25) is 0 Å². The van der Waals surface area contributed by atoms with Crippen LogP contribution in [0.3, 0.4) is 0 Å². The van der Waals surface area contributed by atoms with Crippen LogP contribution in [0.5, 0.6) is 0 Å². The van der Waals surface area contributed by atoms with E-state index in [4.69, 9.17) is 5.11 Å². The molecule has 0 fully saturated rings. The molecule has 0 aliphatic heterocycles. The minimum Gasteiger partial charge on any atom is -0.481 e. The first-order valence-corrected chi connectivity index (χ1v) is 6.42. The standard InChI is InChI=1S/C15H18N2O3/c1-9-12(10-6-4-5-7-11(10)17-9)13(18)16-8-15(2,3)14(19)20/h4-7,17H,8H2,1-3H3,(H,16,18)(H,19,20). The van der Waals surface area contributed by atoms with Gasteiger partial charge in [0.05, 0.1) is 11.0 Å². The second kappa shape index (κ2) is 5.00. The van der Waals surface area contributed by atoms with E-state index in [1.165, 1.54) is 0 Å². The van der Waals surface area contributed by atoms with Crippen molar-refractivity contribution >= 4 is 22.8 Å². The molecule has 5 nitrogen and oxygen atoms in total. The predicted octanol–water partition coefficient (Wildman–Crippen LogP) is 2.32. The van der Waals surface area contributed by atoms with Crippen LogP contribution in [0, 0.1) is 12.3 Å². The van der Waals surface area contributed by atoms with Gasteiger partial charge < -0.3 is 15.4 Å². The molecule has 0 bridgehead atoms. The Morgan fingerprint density at radius 1 is 1.30 bits per heavy atom. The third-order valence-corrected chi connectivity index (χ3v) is 3.39. The lowest BCUT2D eigenvalue weighted by atomic mass is 9.94. The first kappa shape index (κ1) is 14.1. The Morgan fingerprint density at radius 3 is 2.60 bits per heavy atom. The van der Waals surface area contributed by atoms with Crippen LogP contribution in [0.25, 0.3) is 10.9 Å². The number of aryl methyl sites for hydroxylation is 1. The Morgan fingerprint density at radius 2 is 1.95 bits per heavy atom. The van der Waals surface area contributed by atoms with Crippen LogP contribution in [0.1, 0.15) is 29.9 Å². The lowest BCUT2D eigenvalue weighted by Crippen LogP contribution is -2.39. The number of aromatic amines is 1. The second-order valence-electron chi connectivity index (χ2n) is 5.54. The lowest BCUT2D eigenvalue weighted by Gasteiger charge is -2.19. The zero-order valence-electron chi connectivity index (χ0n) is 11.8. The van der Waals surface area contributed by atoms with Gasteiger partial charge in [-0.05, 0) is 26.8 Å². The van der Waals surface area contributed by atoms with Crippen LogP contribution in [0.15, 0.2) is 24.3 Å². The number of hydrogen-bond donors (Lipinski definition) is 3. The normalized spacial score (nSPS) is 11.6. The molecule has 1 aromatic carbocycles. The van der Waals surface area contributed by atoms with Gasteiger partial charge in [-0.25, -0.2) is 0 Å². The number of aromatic nitrogens is 1. The highest BCUT2D eigenvalue weighted by molar-refractivity contribution is 6.08. The number of para-hydroxylation sites is 1. The number of hydrogen-bond acceptors (Lipinski definition) is 2. The largest absolute Gasteiger partial charge is 0.481 e. The van der Waals surface area contributed by atoms with Gasteiger partial charge >= 0.3 is 5.97 Å². The summed E-state index contributed by atoms with van der Waals surface area (Å²) in [5.74, 6) is -1.19. The van der Waals surface area contributed by atoms with E-state index in [1.807, 2.05) is 31.2 Å². The van der Waals surface area contributed by atoms with E-state index in [1.54, 1.807) is 13.8 Å². The third-order valence-electron chi connectivity index (χ3n) is 3.39. The quantitative estimate of drug-likeness (QED) is 0.800. The molecule has 20 heavy (non-hydrogen) atoms. The van der Waals surface area contributed by atoms with E-state index in [9.17, 15) is 9.59 Å². The second-order valence-corrected chi connectivity index (χ2v) is 5.54. The van der Waals surface area contributed by atoms with Crippen molar-refractivity contribution in [2.24, 2.45) is 5.41 Å². The van der Waals surface area contributed by atoms with Crippen molar-refractivity contribution in [3.8, 4) is 0 Å². The Hall–Kier alpha value is -2.30. The van der Waals surface area contributed by atoms with Crippen molar-refractivity contribution < 1.29 is 14.7 Å². The summed E-state index contributed by atoms with van der Waals surface area (Å²) in [5.41, 5.74) is 1.25. The van der Waals surface area contributed by atoms with E-state index in [0.717, 1.165) is 16.6 Å². The van der Waals surface area contributed by atoms with E-state index in [-0.39, 0.29) is 12.5 Å². The topological polar surface area (TPSA) is 82.2 Å². The molecule has 0 saturated heterocycles. The third kappa shape index (κ3) is 2.52. The van der Waals surface area contributed by atoms with Gasteiger partial charge in [0.25, 0.3) is 5.91 Å². The maximum absolute atomic E-state index is 12.3. The van der Waals surface area contributed by atoms with Crippen LogP contribution in [0.2, 0.25) is 0 Å². The van der Waals surface area contributed by atoms with E-state index < -0.39 is 11.4 Å². The van der Waals surface area contributed by atoms with E-state index >= 15 is 0 Å². The average Bonchev–Trinajstić information content (AvgIpc) is 2.71. The van der Waals surface area contributed by atoms with Crippen LogP contribution in [-0.4, -0.2) is 28.5 Å². The molecule has 0 aliphatic rings. The van der Waals surface area contributed by atoms with Gasteiger partial charge in [0.1, 0.15) is 0 Å². The smallest absolute Gasteiger partial charge is 0.310 e. The van der Waals surface area contributed by atoms with Gasteiger partial charge in [-0.2, -0.15) is 0 Å². The van der Waals surface area contributed by atoms with E-state index in [0.29, 0.717) is 5.56 Å². The molecule has 0 atom stereocenters. The number of carboxylic acid groups (broad SMARTS) is 1. The highest BCUT2D eigenvalue weighted by Crippen LogP contribution is 2.22. The highest BCUT2D eigenvalue weighted by atomic mass is 16.4. The number of carbonyl (C=O) groups is 2. The molecule has 3 N–H and O–H groups in total. The summed E-state index contributed by atoms with van der Waals surface area (Å²) in [6.07, 6.45) is 0. The number of carboxylic acids is 1. The fourth-order valence-corrected chi connectivity index (χ4v) is 2.03. The number of carbonyl (C=O) groups excluding carboxylic acids is 1. The Labute approximate surface area is 117 Å². The number of fused-ring (bicyclic) bond motifs is 1. The van der Waals surface area contributed by atoms with Crippen LogP contribution in [0.4, 0.5) is 0 Å². The zero-order chi connectivity index (χ0) is 14.9. The number of nitrogens with one attached hydrogen (secondary N) is 2. The monoisotopic (exact) mass is 274 g/mol. The van der Waals surface area contributed by atoms with Gasteiger partial charge in [0, 0.05) is 23.1 Å². The van der Waals surface area contributed by atoms with E-state index in [2.05, 4.69) is 10.3 Å². The Balaban J connectivity index is 2.24. The average molecular weight is 274 g/mol. The van der Waals surface area contributed by atoms with Gasteiger partial charge in [-0.1, -0.05) is 18.2 Å². The molecule has 2 rings (SSSR count). The molecule has 1 aromatic heterocycles. The summed E-state index contributed by atoms with van der Waals surface area (Å²) in [6, 6.07) is 7.54. The fraction of sp³-hybridized carbons (Fsp3) is 0.333. The van der Waals surface area contributed by atoms with Gasteiger partial charge in [0.15, 0.2) is 0 Å². The van der Waals surface area contributed by atoms with Crippen molar-refractivity contribution in [3.63, 3.8) is 0 Å². The molecular formula is C15H18N2O3. The first-order chi connectivity index (χ1) is 9.33. The molecular weight excluding hydrogens is 256 g/mol. The fourth-order valence-electron chi connectivity index (χ4n) is 2.03. The van der Waals surface area contributed by atoms with Crippen LogP contribution >= 0.6 is 0 Å². The molecule has 0 radical (unpaired) electrons. The molecule has 5 heteroatoms. The molecule has 2 aromatic rings. The number of benzene rings is 1. The van der Waals surface area contributed by atoms with Crippen molar-refractivity contribution in [2.75, 3.05) is 6.54 Å². The molecule has 106 valence electrons. The van der Waals surface area contributed by atoms with Crippen molar-refractivity contribution in [3.05, 3.63) is 35.5 Å². The lowest BCUT2D eigenvalue weighted by molar-refractivity contribution is -0.146. The first-order valence-electron chi connectivity index (χ1n) is 6.42. The number of amides is 1. The number of aliphatic carboxylic acids is 1. The molecule has 0 unspecified atom stereocenters. The SMILES string of the molecule is Cc1[nH]c2ccccc2c1C(=O)NCC(C)(C)C(=O)O. The summed E-state index contributed by atoms with van der Waals surface area (Å²) >= 11 is 0. The van der Waals surface area contributed by atoms with Gasteiger partial charge in [-0.15, -0.1) is 0 Å². The molecule has 1 heterocycles. The molecule has 0 spiro atoms. The molecule has 0 saturated carbocycles. The maximum atomic E-state index is 12.3. The summed E-state index contributed by atoms with van der Waals surface area (Å²) in [5, 5.41) is 12.6. The van der Waals surface area contributed by atoms with Crippen LogP contribution in [-0.2, 0) is 4.79 Å². The number of rotatable bonds is 4. The van der Waals surface area contributed by atoms with Gasteiger partial charge in [-0.3, -0.25) is 9.59 Å². The minimum absolute atomic E-state index is 0.0834. The minimum atomic E-state index is -0.990. The number of H-pyrrole nitrogens is 1. The summed E-state index contributed by atoms with van der Waals surface area (Å²) in [6.45, 7) is 5.08. The van der Waals surface area contributed by atoms with Crippen molar-refractivity contribution in [1.29, 1.82) is 0 Å². The van der Waals surface area contributed by atoms with Crippen LogP contribution < -0.4 is 5.32 Å². The van der Waals surface area contributed by atoms with Crippen molar-refractivity contribution in [2.45, 2.75) is 20.8 Å². The zero-order valence-corrected chi connectivity index (χ0v) is 11.8. The molecule has 1 amide bonds. The maximum Gasteiger partial charge on any atom is 0.310 e. The Kier molecular flexibility index (Phi) is 3.53. The summed E-state index contributed by atoms with van der Waals surface area (Å²) < 4.78 is 0. The highest BCUT2D eigenvalue weighted by Gasteiger charge is 2.28. The Bertz CT molecular complexity index is 671.